The summed E-state index contributed by atoms with van der Waals surface area (Å²) in [6, 6.07) is 1.72. The Morgan fingerprint density at radius 3 is 2.77 bits per heavy atom. The zero-order chi connectivity index (χ0) is 21.6. The van der Waals surface area contributed by atoms with E-state index in [1.165, 1.54) is 0 Å². The molecule has 2 aromatic heterocycles. The molecule has 0 spiro atoms. The predicted octanol–water partition coefficient (Wildman–Crippen LogP) is 2.42. The van der Waals surface area contributed by atoms with E-state index in [-0.39, 0.29) is 23.8 Å². The number of nitrogens with zero attached hydrogens (tertiary/aromatic N) is 5. The van der Waals surface area contributed by atoms with Gasteiger partial charge in [-0.3, -0.25) is 14.5 Å². The van der Waals surface area contributed by atoms with Crippen molar-refractivity contribution in [3.05, 3.63) is 40.5 Å². The second-order valence-electron chi connectivity index (χ2n) is 8.66. The van der Waals surface area contributed by atoms with Crippen molar-refractivity contribution in [3.63, 3.8) is 0 Å². The van der Waals surface area contributed by atoms with Crippen molar-refractivity contribution < 1.29 is 9.59 Å². The molecular formula is C22H30N6O2. The van der Waals surface area contributed by atoms with Crippen LogP contribution in [0.4, 0.5) is 10.5 Å². The van der Waals surface area contributed by atoms with E-state index in [9.17, 15) is 9.59 Å². The Labute approximate surface area is 177 Å². The molecule has 8 nitrogen and oxygen atoms in total. The van der Waals surface area contributed by atoms with Crippen molar-refractivity contribution in [2.45, 2.75) is 52.5 Å². The highest BCUT2D eigenvalue weighted by Gasteiger charge is 2.33. The monoisotopic (exact) mass is 410 g/mol. The van der Waals surface area contributed by atoms with Crippen LogP contribution in [0.3, 0.4) is 0 Å². The molecule has 3 amide bonds. The van der Waals surface area contributed by atoms with Crippen molar-refractivity contribution in [2.24, 2.45) is 18.7 Å². The van der Waals surface area contributed by atoms with E-state index < -0.39 is 0 Å². The molecule has 0 saturated carbocycles. The van der Waals surface area contributed by atoms with E-state index >= 15 is 0 Å². The maximum absolute atomic E-state index is 13.2. The minimum Gasteiger partial charge on any atom is -0.351 e. The lowest BCUT2D eigenvalue weighted by Crippen LogP contribution is -2.42. The number of amides is 3. The van der Waals surface area contributed by atoms with E-state index in [4.69, 9.17) is 10.7 Å². The van der Waals surface area contributed by atoms with E-state index in [1.54, 1.807) is 4.90 Å². The fourth-order valence-electron chi connectivity index (χ4n) is 4.69. The molecule has 0 aromatic carbocycles. The lowest BCUT2D eigenvalue weighted by molar-refractivity contribution is -0.122. The van der Waals surface area contributed by atoms with Crippen LogP contribution in [0.25, 0.3) is 0 Å². The topological polar surface area (TPSA) is 97.3 Å². The number of pyridine rings is 1. The molecule has 30 heavy (non-hydrogen) atoms. The number of aromatic nitrogens is 3. The van der Waals surface area contributed by atoms with Gasteiger partial charge in [0, 0.05) is 55.8 Å². The van der Waals surface area contributed by atoms with Crippen molar-refractivity contribution in [2.75, 3.05) is 18.0 Å². The maximum atomic E-state index is 13.2. The highest BCUT2D eigenvalue weighted by atomic mass is 16.2. The minimum absolute atomic E-state index is 0.104. The number of anilines is 1. The highest BCUT2D eigenvalue weighted by molar-refractivity contribution is 5.97. The van der Waals surface area contributed by atoms with Crippen LogP contribution >= 0.6 is 0 Å². The lowest BCUT2D eigenvalue weighted by atomic mass is 9.89. The molecule has 8 heteroatoms. The van der Waals surface area contributed by atoms with Gasteiger partial charge in [-0.05, 0) is 38.3 Å². The molecule has 2 atom stereocenters. The van der Waals surface area contributed by atoms with Crippen molar-refractivity contribution in [1.82, 2.24) is 19.7 Å². The quantitative estimate of drug-likeness (QED) is 0.840. The van der Waals surface area contributed by atoms with Gasteiger partial charge in [0.2, 0.25) is 5.91 Å². The van der Waals surface area contributed by atoms with E-state index in [0.717, 1.165) is 46.7 Å². The second kappa shape index (κ2) is 7.74. The summed E-state index contributed by atoms with van der Waals surface area (Å²) in [5.74, 6) is 0.196. The molecule has 0 radical (unpaired) electrons. The SMILES string of the molecule is Cc1nn(C)c(C)c1CN1C(=O)C(C)Cc2ncc(C3CCCN(C(N)=O)C3)cc21. The largest absolute Gasteiger partial charge is 0.351 e. The van der Waals surface area contributed by atoms with E-state index in [0.29, 0.717) is 26.1 Å². The van der Waals surface area contributed by atoms with Crippen LogP contribution in [0, 0.1) is 19.8 Å². The number of carbonyl (C=O) groups excluding carboxylic acids is 2. The summed E-state index contributed by atoms with van der Waals surface area (Å²) in [6.45, 7) is 7.76. The number of urea groups is 1. The fraction of sp³-hybridized carbons (Fsp3) is 0.545. The van der Waals surface area contributed by atoms with Crippen molar-refractivity contribution in [3.8, 4) is 0 Å². The minimum atomic E-state index is -0.376. The van der Waals surface area contributed by atoms with Crippen LogP contribution in [-0.2, 0) is 24.8 Å². The smallest absolute Gasteiger partial charge is 0.314 e. The molecule has 2 N–H and O–H groups in total. The molecule has 1 fully saturated rings. The first-order valence-corrected chi connectivity index (χ1v) is 10.6. The molecule has 0 aliphatic carbocycles. The number of primary amides is 1. The van der Waals surface area contributed by atoms with Crippen molar-refractivity contribution >= 4 is 17.6 Å². The van der Waals surface area contributed by atoms with Gasteiger partial charge in [-0.1, -0.05) is 6.92 Å². The first kappa shape index (κ1) is 20.4. The molecule has 2 aromatic rings. The number of hydrogen-bond acceptors (Lipinski definition) is 4. The number of fused-ring (bicyclic) bond motifs is 1. The van der Waals surface area contributed by atoms with Gasteiger partial charge in [-0.2, -0.15) is 5.10 Å². The van der Waals surface area contributed by atoms with Crippen LogP contribution in [0.15, 0.2) is 12.3 Å². The Bertz CT molecular complexity index is 998. The van der Waals surface area contributed by atoms with Crippen LogP contribution in [-0.4, -0.2) is 44.7 Å². The summed E-state index contributed by atoms with van der Waals surface area (Å²) in [4.78, 5) is 33.1. The molecule has 0 bridgehead atoms. The number of nitrogens with two attached hydrogens (primary N) is 1. The van der Waals surface area contributed by atoms with Crippen LogP contribution in [0.2, 0.25) is 0 Å². The number of carbonyl (C=O) groups is 2. The summed E-state index contributed by atoms with van der Waals surface area (Å²) >= 11 is 0. The average Bonchev–Trinajstić information content (AvgIpc) is 2.96. The number of aryl methyl sites for hydroxylation is 2. The van der Waals surface area contributed by atoms with Gasteiger partial charge in [0.15, 0.2) is 0 Å². The zero-order valence-electron chi connectivity index (χ0n) is 18.2. The van der Waals surface area contributed by atoms with Gasteiger partial charge in [0.1, 0.15) is 0 Å². The molecule has 4 rings (SSSR count). The third-order valence-electron chi connectivity index (χ3n) is 6.63. The summed E-state index contributed by atoms with van der Waals surface area (Å²) in [5.41, 5.74) is 11.5. The van der Waals surface area contributed by atoms with Crippen molar-refractivity contribution in [1.29, 1.82) is 0 Å². The van der Waals surface area contributed by atoms with Crippen LogP contribution in [0.5, 0.6) is 0 Å². The summed E-state index contributed by atoms with van der Waals surface area (Å²) < 4.78 is 1.86. The van der Waals surface area contributed by atoms with Crippen LogP contribution in [0.1, 0.15) is 53.9 Å². The Morgan fingerprint density at radius 1 is 1.33 bits per heavy atom. The number of hydrogen-bond donors (Lipinski definition) is 1. The van der Waals surface area contributed by atoms with Gasteiger partial charge in [-0.25, -0.2) is 4.79 Å². The first-order chi connectivity index (χ1) is 14.3. The third-order valence-corrected chi connectivity index (χ3v) is 6.63. The Kier molecular flexibility index (Phi) is 5.26. The Morgan fingerprint density at radius 2 is 2.10 bits per heavy atom. The number of piperidine rings is 1. The molecule has 2 unspecified atom stereocenters. The zero-order valence-corrected chi connectivity index (χ0v) is 18.2. The molecule has 4 heterocycles. The molecule has 2 aliphatic heterocycles. The highest BCUT2D eigenvalue weighted by Crippen LogP contribution is 2.35. The van der Waals surface area contributed by atoms with E-state index in [2.05, 4.69) is 11.2 Å². The molecule has 1 saturated heterocycles. The standard InChI is InChI=1S/C22H30N6O2/c1-13-8-19-20(28(21(13)29)12-18-14(2)25-26(4)15(18)3)9-17(10-24-19)16-6-5-7-27(11-16)22(23)30/h9-10,13,16H,5-8,11-12H2,1-4H3,(H2,23,30). The van der Waals surface area contributed by atoms with Gasteiger partial charge in [0.05, 0.1) is 23.6 Å². The van der Waals surface area contributed by atoms with E-state index in [1.807, 2.05) is 43.6 Å². The van der Waals surface area contributed by atoms with Gasteiger partial charge in [-0.15, -0.1) is 0 Å². The summed E-state index contributed by atoms with van der Waals surface area (Å²) in [6.07, 6.45) is 4.46. The average molecular weight is 411 g/mol. The summed E-state index contributed by atoms with van der Waals surface area (Å²) in [7, 11) is 1.92. The lowest BCUT2D eigenvalue weighted by Gasteiger charge is -2.35. The van der Waals surface area contributed by atoms with Gasteiger partial charge >= 0.3 is 6.03 Å². The second-order valence-corrected chi connectivity index (χ2v) is 8.66. The first-order valence-electron chi connectivity index (χ1n) is 10.6. The fourth-order valence-corrected chi connectivity index (χ4v) is 4.69. The Balaban J connectivity index is 1.69. The predicted molar refractivity (Wildman–Crippen MR) is 114 cm³/mol. The van der Waals surface area contributed by atoms with Crippen LogP contribution < -0.4 is 10.6 Å². The van der Waals surface area contributed by atoms with Gasteiger partial charge in [0.25, 0.3) is 0 Å². The maximum Gasteiger partial charge on any atom is 0.314 e. The number of rotatable bonds is 3. The third kappa shape index (κ3) is 3.55. The number of likely N-dealkylation sites (tertiary alicyclic amines) is 1. The Hall–Kier alpha value is -2.90. The summed E-state index contributed by atoms with van der Waals surface area (Å²) in [5, 5.41) is 4.51. The molecule has 160 valence electrons. The molecular weight excluding hydrogens is 380 g/mol. The molecule has 2 aliphatic rings. The normalized spacial score (nSPS) is 21.7. The van der Waals surface area contributed by atoms with Gasteiger partial charge < -0.3 is 15.5 Å².